The van der Waals surface area contributed by atoms with Crippen molar-refractivity contribution in [3.05, 3.63) is 0 Å². The van der Waals surface area contributed by atoms with Gasteiger partial charge in [0.25, 0.3) is 0 Å². The summed E-state index contributed by atoms with van der Waals surface area (Å²) in [6, 6.07) is -0.389. The highest BCUT2D eigenvalue weighted by molar-refractivity contribution is 7.90. The molecular formula is C13H24N2O5S. The van der Waals surface area contributed by atoms with Crippen molar-refractivity contribution >= 4 is 21.8 Å². The number of amides is 2. The standard InChI is InChI=1S/C13H24N2O5S/c1-3-5-13(11(16)17)6-4-8-15(10-13)12(18)14-7-9-21(2,19)20/h3-10H2,1-2H3,(H,14,18)(H,16,17). The lowest BCUT2D eigenvalue weighted by Gasteiger charge is -2.39. The molecule has 1 aliphatic heterocycles. The van der Waals surface area contributed by atoms with Crippen molar-refractivity contribution in [3.8, 4) is 0 Å². The molecule has 21 heavy (non-hydrogen) atoms. The Morgan fingerprint density at radius 2 is 2.05 bits per heavy atom. The summed E-state index contributed by atoms with van der Waals surface area (Å²) in [6.45, 7) is 2.65. The lowest BCUT2D eigenvalue weighted by molar-refractivity contribution is -0.152. The van der Waals surface area contributed by atoms with Crippen LogP contribution in [-0.4, -0.2) is 62.1 Å². The fraction of sp³-hybridized carbons (Fsp3) is 0.846. The largest absolute Gasteiger partial charge is 0.481 e. The van der Waals surface area contributed by atoms with Crippen LogP contribution >= 0.6 is 0 Å². The quantitative estimate of drug-likeness (QED) is 0.750. The van der Waals surface area contributed by atoms with Gasteiger partial charge in [0.05, 0.1) is 11.2 Å². The first-order valence-corrected chi connectivity index (χ1v) is 9.20. The highest BCUT2D eigenvalue weighted by atomic mass is 32.2. The summed E-state index contributed by atoms with van der Waals surface area (Å²) >= 11 is 0. The van der Waals surface area contributed by atoms with E-state index >= 15 is 0 Å². The molecule has 0 aromatic rings. The molecule has 1 saturated heterocycles. The van der Waals surface area contributed by atoms with Gasteiger partial charge in [-0.05, 0) is 19.3 Å². The fourth-order valence-electron chi connectivity index (χ4n) is 2.72. The molecule has 2 amide bonds. The molecule has 0 aromatic carbocycles. The van der Waals surface area contributed by atoms with Gasteiger partial charge in [-0.2, -0.15) is 0 Å². The third-order valence-corrected chi connectivity index (χ3v) is 4.74. The molecule has 0 bridgehead atoms. The van der Waals surface area contributed by atoms with Crippen molar-refractivity contribution in [2.24, 2.45) is 5.41 Å². The molecule has 1 heterocycles. The van der Waals surface area contributed by atoms with Crippen LogP contribution < -0.4 is 5.32 Å². The first-order chi connectivity index (χ1) is 9.70. The lowest BCUT2D eigenvalue weighted by Crippen LogP contribution is -2.53. The number of sulfone groups is 1. The minimum atomic E-state index is -3.12. The van der Waals surface area contributed by atoms with Gasteiger partial charge in [0.2, 0.25) is 0 Å². The van der Waals surface area contributed by atoms with Gasteiger partial charge in [0.15, 0.2) is 0 Å². The van der Waals surface area contributed by atoms with E-state index in [0.29, 0.717) is 25.8 Å². The van der Waals surface area contributed by atoms with Gasteiger partial charge in [-0.15, -0.1) is 0 Å². The summed E-state index contributed by atoms with van der Waals surface area (Å²) in [5.74, 6) is -0.982. The summed E-state index contributed by atoms with van der Waals surface area (Å²) in [6.07, 6.45) is 3.61. The number of piperidine rings is 1. The van der Waals surface area contributed by atoms with E-state index < -0.39 is 21.2 Å². The minimum absolute atomic E-state index is 0.0437. The van der Waals surface area contributed by atoms with E-state index in [1.54, 1.807) is 0 Å². The van der Waals surface area contributed by atoms with Crippen molar-refractivity contribution < 1.29 is 23.1 Å². The predicted octanol–water partition coefficient (Wildman–Crippen LogP) is 0.708. The summed E-state index contributed by atoms with van der Waals surface area (Å²) in [5.41, 5.74) is -0.874. The Morgan fingerprint density at radius 3 is 2.57 bits per heavy atom. The molecule has 1 fully saturated rings. The molecule has 0 aliphatic carbocycles. The van der Waals surface area contributed by atoms with E-state index in [4.69, 9.17) is 0 Å². The lowest BCUT2D eigenvalue weighted by atomic mass is 9.76. The summed E-state index contributed by atoms with van der Waals surface area (Å²) in [7, 11) is -3.12. The number of nitrogens with one attached hydrogen (secondary N) is 1. The average Bonchev–Trinajstić information content (AvgIpc) is 2.37. The monoisotopic (exact) mass is 320 g/mol. The zero-order valence-corrected chi connectivity index (χ0v) is 13.4. The van der Waals surface area contributed by atoms with Gasteiger partial charge in [-0.25, -0.2) is 13.2 Å². The van der Waals surface area contributed by atoms with Crippen LogP contribution in [0.3, 0.4) is 0 Å². The minimum Gasteiger partial charge on any atom is -0.481 e. The Morgan fingerprint density at radius 1 is 1.38 bits per heavy atom. The second-order valence-corrected chi connectivity index (χ2v) is 7.98. The van der Waals surface area contributed by atoms with Crippen LogP contribution in [-0.2, 0) is 14.6 Å². The number of urea groups is 1. The molecule has 0 spiro atoms. The van der Waals surface area contributed by atoms with Gasteiger partial charge < -0.3 is 15.3 Å². The van der Waals surface area contributed by atoms with E-state index in [-0.39, 0.29) is 24.9 Å². The number of carboxylic acid groups (broad SMARTS) is 1. The van der Waals surface area contributed by atoms with E-state index in [1.165, 1.54) is 4.90 Å². The predicted molar refractivity (Wildman–Crippen MR) is 78.9 cm³/mol. The zero-order valence-electron chi connectivity index (χ0n) is 12.6. The molecule has 2 N–H and O–H groups in total. The molecule has 0 saturated carbocycles. The Labute approximate surface area is 125 Å². The number of carboxylic acids is 1. The highest BCUT2D eigenvalue weighted by Crippen LogP contribution is 2.35. The normalized spacial score (nSPS) is 22.9. The van der Waals surface area contributed by atoms with Crippen LogP contribution in [0, 0.1) is 5.41 Å². The van der Waals surface area contributed by atoms with E-state index in [1.807, 2.05) is 6.92 Å². The van der Waals surface area contributed by atoms with Gasteiger partial charge in [-0.1, -0.05) is 13.3 Å². The number of rotatable bonds is 6. The number of nitrogens with zero attached hydrogens (tertiary/aromatic N) is 1. The molecule has 1 atom stereocenters. The Kier molecular flexibility index (Phi) is 6.00. The SMILES string of the molecule is CCCC1(C(=O)O)CCCN(C(=O)NCCS(C)(=O)=O)C1. The summed E-state index contributed by atoms with van der Waals surface area (Å²) in [4.78, 5) is 25.0. The number of hydrogen-bond donors (Lipinski definition) is 2. The van der Waals surface area contributed by atoms with Gasteiger partial charge >= 0.3 is 12.0 Å². The van der Waals surface area contributed by atoms with Crippen LogP contribution in [0.1, 0.15) is 32.6 Å². The first kappa shape index (κ1) is 17.7. The number of likely N-dealkylation sites (tertiary alicyclic amines) is 1. The van der Waals surface area contributed by atoms with E-state index in [0.717, 1.165) is 12.7 Å². The molecule has 1 unspecified atom stereocenters. The third kappa shape index (κ3) is 5.18. The molecule has 7 nitrogen and oxygen atoms in total. The van der Waals surface area contributed by atoms with Crippen LogP contribution in [0.25, 0.3) is 0 Å². The van der Waals surface area contributed by atoms with Crippen LogP contribution in [0.15, 0.2) is 0 Å². The van der Waals surface area contributed by atoms with Gasteiger partial charge in [-0.3, -0.25) is 4.79 Å². The average molecular weight is 320 g/mol. The van der Waals surface area contributed by atoms with Crippen LogP contribution in [0.5, 0.6) is 0 Å². The van der Waals surface area contributed by atoms with Crippen LogP contribution in [0.2, 0.25) is 0 Å². The Bertz CT molecular complexity index is 487. The zero-order chi connectivity index (χ0) is 16.1. The number of carbonyl (C=O) groups excluding carboxylic acids is 1. The van der Waals surface area contributed by atoms with Gasteiger partial charge in [0.1, 0.15) is 9.84 Å². The van der Waals surface area contributed by atoms with Crippen molar-refractivity contribution in [1.29, 1.82) is 0 Å². The maximum absolute atomic E-state index is 12.0. The number of carbonyl (C=O) groups is 2. The third-order valence-electron chi connectivity index (χ3n) is 3.80. The number of aliphatic carboxylic acids is 1. The fourth-order valence-corrected chi connectivity index (χ4v) is 3.20. The smallest absolute Gasteiger partial charge is 0.317 e. The van der Waals surface area contributed by atoms with Gasteiger partial charge in [0, 0.05) is 25.9 Å². The van der Waals surface area contributed by atoms with E-state index in [2.05, 4.69) is 5.32 Å². The second kappa shape index (κ2) is 7.11. The summed E-state index contributed by atoms with van der Waals surface area (Å²) < 4.78 is 22.0. The molecular weight excluding hydrogens is 296 g/mol. The van der Waals surface area contributed by atoms with E-state index in [9.17, 15) is 23.1 Å². The maximum atomic E-state index is 12.0. The van der Waals surface area contributed by atoms with Crippen molar-refractivity contribution in [2.75, 3.05) is 31.6 Å². The first-order valence-electron chi connectivity index (χ1n) is 7.14. The van der Waals surface area contributed by atoms with Crippen molar-refractivity contribution in [1.82, 2.24) is 10.2 Å². The highest BCUT2D eigenvalue weighted by Gasteiger charge is 2.42. The number of hydrogen-bond acceptors (Lipinski definition) is 4. The molecule has 0 aromatic heterocycles. The van der Waals surface area contributed by atoms with Crippen molar-refractivity contribution in [2.45, 2.75) is 32.6 Å². The van der Waals surface area contributed by atoms with Crippen molar-refractivity contribution in [3.63, 3.8) is 0 Å². The maximum Gasteiger partial charge on any atom is 0.317 e. The Balaban J connectivity index is 2.62. The molecule has 1 rings (SSSR count). The molecule has 8 heteroatoms. The topological polar surface area (TPSA) is 104 Å². The van der Waals surface area contributed by atoms with Crippen LogP contribution in [0.4, 0.5) is 4.79 Å². The second-order valence-electron chi connectivity index (χ2n) is 5.72. The molecule has 122 valence electrons. The molecule has 0 radical (unpaired) electrons. The summed E-state index contributed by atoms with van der Waals surface area (Å²) in [5, 5.41) is 12.0. The Hall–Kier alpha value is -1.31. The molecule has 1 aliphatic rings.